The van der Waals surface area contributed by atoms with Crippen LogP contribution in [0.3, 0.4) is 0 Å². The van der Waals surface area contributed by atoms with E-state index in [1.165, 1.54) is 31.5 Å². The average Bonchev–Trinajstić information content (AvgIpc) is 3.22. The van der Waals surface area contributed by atoms with Gasteiger partial charge in [0.1, 0.15) is 0 Å². The van der Waals surface area contributed by atoms with Crippen molar-refractivity contribution in [3.63, 3.8) is 0 Å². The highest BCUT2D eigenvalue weighted by Gasteiger charge is 2.34. The number of ether oxygens (including phenoxy) is 3. The first-order valence-corrected chi connectivity index (χ1v) is 11.4. The van der Waals surface area contributed by atoms with Crippen LogP contribution in [-0.2, 0) is 6.54 Å². The second-order valence-corrected chi connectivity index (χ2v) is 9.03. The van der Waals surface area contributed by atoms with E-state index < -0.39 is 0 Å². The van der Waals surface area contributed by atoms with Crippen LogP contribution in [0.5, 0.6) is 17.2 Å². The predicted octanol–water partition coefficient (Wildman–Crippen LogP) is 2.17. The number of hydrogen-bond donors (Lipinski definition) is 1. The van der Waals surface area contributed by atoms with Gasteiger partial charge in [-0.3, -0.25) is 9.80 Å². The van der Waals surface area contributed by atoms with Crippen molar-refractivity contribution >= 4 is 0 Å². The molecule has 0 radical (unpaired) electrons. The van der Waals surface area contributed by atoms with Crippen molar-refractivity contribution in [3.8, 4) is 17.2 Å². The molecule has 0 aliphatic carbocycles. The minimum Gasteiger partial charge on any atom is -0.493 e. The number of piperazine rings is 1. The maximum Gasteiger partial charge on any atom is 0.231 e. The summed E-state index contributed by atoms with van der Waals surface area (Å²) >= 11 is 0. The number of likely N-dealkylation sites (tertiary alicyclic amines) is 1. The largest absolute Gasteiger partial charge is 0.493 e. The molecule has 0 aromatic heterocycles. The summed E-state index contributed by atoms with van der Waals surface area (Å²) in [7, 11) is 1.67. The van der Waals surface area contributed by atoms with Crippen LogP contribution in [0, 0.1) is 0 Å². The van der Waals surface area contributed by atoms with Gasteiger partial charge in [-0.15, -0.1) is 0 Å². The van der Waals surface area contributed by atoms with E-state index in [1.807, 2.05) is 0 Å². The minimum absolute atomic E-state index is 0.248. The monoisotopic (exact) mass is 419 g/mol. The van der Waals surface area contributed by atoms with Gasteiger partial charge in [0.2, 0.25) is 12.5 Å². The fraction of sp³-hybridized carbons (Fsp3) is 0.739. The lowest BCUT2D eigenvalue weighted by Crippen LogP contribution is -2.58. The standard InChI is InChI=1S/C23H37N3O4/c1-17(2)25-7-4-19(5-8-25)26-10-9-24(15-20(26)6-11-27)14-18-12-21(28-3)23-22(13-18)29-16-30-23/h12-13,17,19-20,27H,4-11,14-16H2,1-3H3/t20-/m1/s1. The van der Waals surface area contributed by atoms with E-state index in [-0.39, 0.29) is 13.4 Å². The van der Waals surface area contributed by atoms with Crippen LogP contribution in [0.2, 0.25) is 0 Å². The van der Waals surface area contributed by atoms with Crippen molar-refractivity contribution in [3.05, 3.63) is 17.7 Å². The number of rotatable bonds is 7. The molecule has 7 heteroatoms. The van der Waals surface area contributed by atoms with E-state index in [4.69, 9.17) is 14.2 Å². The van der Waals surface area contributed by atoms with Crippen LogP contribution in [-0.4, -0.2) is 91.2 Å². The molecule has 168 valence electrons. The molecule has 0 bridgehead atoms. The molecule has 7 nitrogen and oxygen atoms in total. The summed E-state index contributed by atoms with van der Waals surface area (Å²) in [5, 5.41) is 9.70. The van der Waals surface area contributed by atoms with Gasteiger partial charge in [-0.25, -0.2) is 0 Å². The molecule has 0 spiro atoms. The maximum absolute atomic E-state index is 9.70. The third kappa shape index (κ3) is 4.69. The highest BCUT2D eigenvalue weighted by Crippen LogP contribution is 2.42. The Kier molecular flexibility index (Phi) is 7.03. The molecule has 1 N–H and O–H groups in total. The zero-order valence-electron chi connectivity index (χ0n) is 18.7. The molecule has 3 aliphatic heterocycles. The summed E-state index contributed by atoms with van der Waals surface area (Å²) in [6, 6.07) is 5.82. The highest BCUT2D eigenvalue weighted by molar-refractivity contribution is 5.55. The van der Waals surface area contributed by atoms with Crippen LogP contribution in [0.15, 0.2) is 12.1 Å². The molecule has 2 saturated heterocycles. The Morgan fingerprint density at radius 3 is 2.63 bits per heavy atom. The smallest absolute Gasteiger partial charge is 0.231 e. The van der Waals surface area contributed by atoms with Crippen LogP contribution in [0.4, 0.5) is 0 Å². The normalized spacial score (nSPS) is 24.0. The van der Waals surface area contributed by atoms with Crippen LogP contribution in [0.1, 0.15) is 38.7 Å². The van der Waals surface area contributed by atoms with E-state index in [9.17, 15) is 5.11 Å². The summed E-state index contributed by atoms with van der Waals surface area (Å²) < 4.78 is 16.6. The first-order valence-electron chi connectivity index (χ1n) is 11.4. The minimum atomic E-state index is 0.248. The Morgan fingerprint density at radius 2 is 1.93 bits per heavy atom. The summed E-state index contributed by atoms with van der Waals surface area (Å²) in [5.41, 5.74) is 1.18. The second kappa shape index (κ2) is 9.73. The Bertz CT molecular complexity index is 706. The van der Waals surface area contributed by atoms with Crippen molar-refractivity contribution in [1.82, 2.24) is 14.7 Å². The first kappa shape index (κ1) is 21.7. The van der Waals surface area contributed by atoms with E-state index in [1.54, 1.807) is 7.11 Å². The van der Waals surface area contributed by atoms with E-state index in [2.05, 4.69) is 40.7 Å². The van der Waals surface area contributed by atoms with Gasteiger partial charge in [-0.2, -0.15) is 0 Å². The average molecular weight is 420 g/mol. The Hall–Kier alpha value is -1.54. The van der Waals surface area contributed by atoms with E-state index >= 15 is 0 Å². The molecular formula is C23H37N3O4. The number of hydrogen-bond acceptors (Lipinski definition) is 7. The van der Waals surface area contributed by atoms with Gasteiger partial charge >= 0.3 is 0 Å². The zero-order chi connectivity index (χ0) is 21.1. The van der Waals surface area contributed by atoms with Crippen LogP contribution in [0.25, 0.3) is 0 Å². The van der Waals surface area contributed by atoms with Gasteiger partial charge in [0.25, 0.3) is 0 Å². The van der Waals surface area contributed by atoms with E-state index in [0.29, 0.717) is 23.9 Å². The number of aliphatic hydroxyl groups is 1. The van der Waals surface area contributed by atoms with Gasteiger partial charge in [0, 0.05) is 50.9 Å². The van der Waals surface area contributed by atoms with Gasteiger partial charge in [0.05, 0.1) is 7.11 Å². The zero-order valence-corrected chi connectivity index (χ0v) is 18.7. The van der Waals surface area contributed by atoms with Gasteiger partial charge < -0.3 is 24.2 Å². The third-order valence-electron chi connectivity index (χ3n) is 6.90. The molecule has 4 rings (SSSR count). The topological polar surface area (TPSA) is 57.6 Å². The molecule has 3 aliphatic rings. The number of piperidine rings is 1. The van der Waals surface area contributed by atoms with Gasteiger partial charge in [0.15, 0.2) is 11.5 Å². The Labute approximate surface area is 180 Å². The number of benzene rings is 1. The number of fused-ring (bicyclic) bond motifs is 1. The van der Waals surface area contributed by atoms with Gasteiger partial charge in [-0.1, -0.05) is 0 Å². The first-order chi connectivity index (χ1) is 14.6. The molecule has 0 saturated carbocycles. The molecule has 1 atom stereocenters. The highest BCUT2D eigenvalue weighted by atomic mass is 16.7. The fourth-order valence-corrected chi connectivity index (χ4v) is 5.23. The lowest BCUT2D eigenvalue weighted by molar-refractivity contribution is -0.0000473. The summed E-state index contributed by atoms with van der Waals surface area (Å²) in [6.45, 7) is 11.4. The molecule has 1 aromatic rings. The molecule has 3 heterocycles. The van der Waals surface area contributed by atoms with Crippen molar-refractivity contribution in [1.29, 1.82) is 0 Å². The third-order valence-corrected chi connectivity index (χ3v) is 6.90. The van der Waals surface area contributed by atoms with Crippen LogP contribution >= 0.6 is 0 Å². The summed E-state index contributed by atoms with van der Waals surface area (Å²) in [6.07, 6.45) is 3.31. The van der Waals surface area contributed by atoms with Crippen molar-refractivity contribution in [2.75, 3.05) is 53.2 Å². The van der Waals surface area contributed by atoms with Crippen molar-refractivity contribution < 1.29 is 19.3 Å². The molecule has 0 amide bonds. The molecular weight excluding hydrogens is 382 g/mol. The maximum atomic E-state index is 9.70. The molecule has 0 unspecified atom stereocenters. The number of aliphatic hydroxyl groups excluding tert-OH is 1. The molecule has 2 fully saturated rings. The van der Waals surface area contributed by atoms with Gasteiger partial charge in [-0.05, 0) is 63.9 Å². The predicted molar refractivity (Wildman–Crippen MR) is 116 cm³/mol. The van der Waals surface area contributed by atoms with Crippen LogP contribution < -0.4 is 14.2 Å². The van der Waals surface area contributed by atoms with Crippen molar-refractivity contribution in [2.45, 2.75) is 57.8 Å². The lowest BCUT2D eigenvalue weighted by atomic mass is 9.97. The fourth-order valence-electron chi connectivity index (χ4n) is 5.23. The second-order valence-electron chi connectivity index (χ2n) is 9.03. The van der Waals surface area contributed by atoms with E-state index in [0.717, 1.165) is 44.1 Å². The Morgan fingerprint density at radius 1 is 1.13 bits per heavy atom. The molecule has 1 aromatic carbocycles. The SMILES string of the molecule is COc1cc(CN2CCN(C3CCN(C(C)C)CC3)[C@H](CCO)C2)cc2c1OCO2. The lowest BCUT2D eigenvalue weighted by Gasteiger charge is -2.48. The van der Waals surface area contributed by atoms with Crippen molar-refractivity contribution in [2.24, 2.45) is 0 Å². The Balaban J connectivity index is 1.39. The number of nitrogens with zero attached hydrogens (tertiary/aromatic N) is 3. The molecule has 30 heavy (non-hydrogen) atoms. The quantitative estimate of drug-likeness (QED) is 0.727. The summed E-state index contributed by atoms with van der Waals surface area (Å²) in [5.74, 6) is 2.21. The number of methoxy groups -OCH3 is 1. The summed E-state index contributed by atoms with van der Waals surface area (Å²) in [4.78, 5) is 7.77.